The van der Waals surface area contributed by atoms with Crippen LogP contribution < -0.4 is 10.5 Å². The second-order valence-electron chi connectivity index (χ2n) is 6.40. The van der Waals surface area contributed by atoms with Gasteiger partial charge in [0.05, 0.1) is 18.3 Å². The van der Waals surface area contributed by atoms with E-state index in [0.29, 0.717) is 23.0 Å². The Morgan fingerprint density at radius 2 is 2.08 bits per heavy atom. The van der Waals surface area contributed by atoms with Gasteiger partial charge in [0, 0.05) is 23.2 Å². The summed E-state index contributed by atoms with van der Waals surface area (Å²) >= 11 is 1.59. The molecule has 0 saturated carbocycles. The molecule has 0 bridgehead atoms. The zero-order chi connectivity index (χ0) is 18.3. The van der Waals surface area contributed by atoms with Crippen LogP contribution >= 0.6 is 11.3 Å². The van der Waals surface area contributed by atoms with Gasteiger partial charge in [-0.3, -0.25) is 19.0 Å². The van der Waals surface area contributed by atoms with Gasteiger partial charge in [0.1, 0.15) is 4.83 Å². The maximum atomic E-state index is 12.8. The molecule has 0 saturated heterocycles. The first-order chi connectivity index (χ1) is 12.6. The predicted octanol–water partition coefficient (Wildman–Crippen LogP) is 2.42. The van der Waals surface area contributed by atoms with Gasteiger partial charge < -0.3 is 4.90 Å². The van der Waals surface area contributed by atoms with E-state index in [1.54, 1.807) is 42.6 Å². The van der Waals surface area contributed by atoms with E-state index >= 15 is 0 Å². The van der Waals surface area contributed by atoms with E-state index in [1.807, 2.05) is 0 Å². The van der Waals surface area contributed by atoms with E-state index in [0.717, 1.165) is 29.7 Å². The minimum Gasteiger partial charge on any atom is -0.318 e. The highest BCUT2D eigenvalue weighted by molar-refractivity contribution is 7.18. The third-order valence-corrected chi connectivity index (χ3v) is 5.96. The number of carbonyl (C=O) groups excluding carboxylic acids is 2. The molecule has 0 fully saturated rings. The normalized spacial score (nSPS) is 13.0. The molecule has 26 heavy (non-hydrogen) atoms. The van der Waals surface area contributed by atoms with Crippen LogP contribution in [-0.4, -0.2) is 28.8 Å². The molecule has 0 atom stereocenters. The summed E-state index contributed by atoms with van der Waals surface area (Å²) in [5.74, 6) is -0.166. The molecule has 1 amide bonds. The van der Waals surface area contributed by atoms with Gasteiger partial charge in [0.25, 0.3) is 5.56 Å². The number of hydrogen-bond acceptors (Lipinski definition) is 5. The number of Topliss-reactive ketones (excluding diaryl/α,β-unsaturated/α-hetero) is 1. The molecule has 1 aromatic carbocycles. The number of nitrogens with zero attached hydrogens (tertiary/aromatic N) is 3. The smallest absolute Gasteiger partial charge is 0.262 e. The van der Waals surface area contributed by atoms with Crippen molar-refractivity contribution < 1.29 is 9.59 Å². The Hall–Kier alpha value is -2.80. The summed E-state index contributed by atoms with van der Waals surface area (Å²) in [6.45, 7) is -0.0464. The first-order valence-corrected chi connectivity index (χ1v) is 9.21. The molecule has 0 radical (unpaired) electrons. The van der Waals surface area contributed by atoms with Gasteiger partial charge in [-0.2, -0.15) is 0 Å². The van der Waals surface area contributed by atoms with Crippen LogP contribution in [0.25, 0.3) is 10.2 Å². The Morgan fingerprint density at radius 3 is 2.81 bits per heavy atom. The lowest BCUT2D eigenvalue weighted by molar-refractivity contribution is -0.107. The number of benzene rings is 1. The summed E-state index contributed by atoms with van der Waals surface area (Å²) < 4.78 is 1.39. The van der Waals surface area contributed by atoms with Gasteiger partial charge in [0.15, 0.2) is 5.78 Å². The van der Waals surface area contributed by atoms with Crippen molar-refractivity contribution >= 4 is 39.4 Å². The van der Waals surface area contributed by atoms with Crippen molar-refractivity contribution in [3.05, 3.63) is 57.0 Å². The zero-order valence-corrected chi connectivity index (χ0v) is 15.1. The number of hydrogen-bond donors (Lipinski definition) is 0. The summed E-state index contributed by atoms with van der Waals surface area (Å²) in [6.07, 6.45) is 5.16. The minimum absolute atomic E-state index is 0.0464. The van der Waals surface area contributed by atoms with Crippen LogP contribution in [0, 0.1) is 0 Å². The Morgan fingerprint density at radius 1 is 1.31 bits per heavy atom. The molecule has 1 aliphatic carbocycles. The summed E-state index contributed by atoms with van der Waals surface area (Å²) in [5, 5.41) is 0.681. The summed E-state index contributed by atoms with van der Waals surface area (Å²) in [5.41, 5.74) is 2.17. The Kier molecular flexibility index (Phi) is 4.16. The van der Waals surface area contributed by atoms with Crippen LogP contribution in [-0.2, 0) is 24.2 Å². The lowest BCUT2D eigenvalue weighted by atomic mass is 10.1. The van der Waals surface area contributed by atoms with E-state index in [1.165, 1.54) is 20.7 Å². The van der Waals surface area contributed by atoms with E-state index in [2.05, 4.69) is 4.98 Å². The number of ketones is 1. The van der Waals surface area contributed by atoms with E-state index < -0.39 is 0 Å². The molecular formula is C19H17N3O3S. The van der Waals surface area contributed by atoms with Crippen LogP contribution in [0.5, 0.6) is 0 Å². The summed E-state index contributed by atoms with van der Waals surface area (Å²) in [7, 11) is 1.64. The van der Waals surface area contributed by atoms with Gasteiger partial charge in [0.2, 0.25) is 6.41 Å². The van der Waals surface area contributed by atoms with Crippen molar-refractivity contribution in [1.29, 1.82) is 0 Å². The van der Waals surface area contributed by atoms with E-state index in [-0.39, 0.29) is 17.9 Å². The SMILES string of the molecule is CN(C=O)c1ccc(C(=O)Cn2cnc3sc4c(c3c2=O)CCC4)cc1. The molecule has 0 aliphatic heterocycles. The third kappa shape index (κ3) is 2.74. The lowest BCUT2D eigenvalue weighted by Gasteiger charge is -2.11. The minimum atomic E-state index is -0.166. The molecule has 1 aliphatic rings. The zero-order valence-electron chi connectivity index (χ0n) is 14.3. The van der Waals surface area contributed by atoms with Gasteiger partial charge >= 0.3 is 0 Å². The number of rotatable bonds is 5. The number of carbonyl (C=O) groups is 2. The topological polar surface area (TPSA) is 72.3 Å². The highest BCUT2D eigenvalue weighted by Gasteiger charge is 2.21. The van der Waals surface area contributed by atoms with Gasteiger partial charge in [-0.05, 0) is 49.1 Å². The average molecular weight is 367 g/mol. The standard InChI is InChI=1S/C19H17N3O3S/c1-21(11-23)13-7-5-12(6-8-13)15(24)9-22-10-20-18-17(19(22)25)14-3-2-4-16(14)26-18/h5-8,10-11H,2-4,9H2,1H3. The maximum Gasteiger partial charge on any atom is 0.262 e. The molecule has 4 rings (SSSR count). The van der Waals surface area contributed by atoms with Crippen LogP contribution in [0.3, 0.4) is 0 Å². The van der Waals surface area contributed by atoms with Crippen LogP contribution in [0.1, 0.15) is 27.2 Å². The number of amides is 1. The maximum absolute atomic E-state index is 12.8. The second kappa shape index (κ2) is 6.49. The van der Waals surface area contributed by atoms with Crippen molar-refractivity contribution in [3.63, 3.8) is 0 Å². The van der Waals surface area contributed by atoms with Gasteiger partial charge in [-0.25, -0.2) is 4.98 Å². The van der Waals surface area contributed by atoms with Gasteiger partial charge in [-0.1, -0.05) is 0 Å². The summed E-state index contributed by atoms with van der Waals surface area (Å²) in [4.78, 5) is 44.0. The second-order valence-corrected chi connectivity index (χ2v) is 7.49. The molecule has 0 unspecified atom stereocenters. The fourth-order valence-electron chi connectivity index (χ4n) is 3.32. The van der Waals surface area contributed by atoms with E-state index in [9.17, 15) is 14.4 Å². The number of aromatic nitrogens is 2. The van der Waals surface area contributed by atoms with Crippen molar-refractivity contribution in [2.24, 2.45) is 0 Å². The molecule has 2 heterocycles. The van der Waals surface area contributed by atoms with Crippen LogP contribution in [0.4, 0.5) is 5.69 Å². The molecule has 3 aromatic rings. The highest BCUT2D eigenvalue weighted by Crippen LogP contribution is 2.34. The highest BCUT2D eigenvalue weighted by atomic mass is 32.1. The molecule has 2 aromatic heterocycles. The van der Waals surface area contributed by atoms with Crippen molar-refractivity contribution in [2.45, 2.75) is 25.8 Å². The molecule has 7 heteroatoms. The molecule has 0 N–H and O–H groups in total. The molecule has 132 valence electrons. The summed E-state index contributed by atoms with van der Waals surface area (Å²) in [6, 6.07) is 6.74. The molecular weight excluding hydrogens is 350 g/mol. The largest absolute Gasteiger partial charge is 0.318 e. The third-order valence-electron chi connectivity index (χ3n) is 4.76. The number of fused-ring (bicyclic) bond motifs is 3. The average Bonchev–Trinajstić information content (AvgIpc) is 3.24. The Labute approximate surface area is 153 Å². The Bertz CT molecular complexity index is 1070. The monoisotopic (exact) mass is 367 g/mol. The fourth-order valence-corrected chi connectivity index (χ4v) is 4.54. The quantitative estimate of drug-likeness (QED) is 0.513. The molecule has 6 nitrogen and oxygen atoms in total. The van der Waals surface area contributed by atoms with Gasteiger partial charge in [-0.15, -0.1) is 11.3 Å². The van der Waals surface area contributed by atoms with Crippen molar-refractivity contribution in [3.8, 4) is 0 Å². The van der Waals surface area contributed by atoms with E-state index in [4.69, 9.17) is 0 Å². The first-order valence-electron chi connectivity index (χ1n) is 8.39. The fraction of sp³-hybridized carbons (Fsp3) is 0.263. The number of thiophene rings is 1. The van der Waals surface area contributed by atoms with Crippen molar-refractivity contribution in [1.82, 2.24) is 9.55 Å². The van der Waals surface area contributed by atoms with Crippen LogP contribution in [0.2, 0.25) is 0 Å². The molecule has 0 spiro atoms. The number of anilines is 1. The number of aryl methyl sites for hydroxylation is 2. The Balaban J connectivity index is 1.63. The first kappa shape index (κ1) is 16.7. The predicted molar refractivity (Wildman–Crippen MR) is 101 cm³/mol. The lowest BCUT2D eigenvalue weighted by Crippen LogP contribution is -2.24. The van der Waals surface area contributed by atoms with Crippen molar-refractivity contribution in [2.75, 3.05) is 11.9 Å². The van der Waals surface area contributed by atoms with Crippen LogP contribution in [0.15, 0.2) is 35.4 Å².